The molecule has 5 rings (SSSR count). The average Bonchev–Trinajstić information content (AvgIpc) is 3.65. The van der Waals surface area contributed by atoms with Gasteiger partial charge in [-0.1, -0.05) is 30.7 Å². The number of carbonyl (C=O) groups excluding carboxylic acids is 1. The minimum Gasteiger partial charge on any atom is -0.483 e. The molecule has 2 aromatic carbocycles. The van der Waals surface area contributed by atoms with E-state index < -0.39 is 6.09 Å². The van der Waals surface area contributed by atoms with Gasteiger partial charge in [0.1, 0.15) is 12.2 Å². The van der Waals surface area contributed by atoms with Gasteiger partial charge in [0, 0.05) is 39.8 Å². The third-order valence-corrected chi connectivity index (χ3v) is 6.19. The van der Waals surface area contributed by atoms with Crippen LogP contribution in [0.15, 0.2) is 71.9 Å². The summed E-state index contributed by atoms with van der Waals surface area (Å²) in [6.07, 6.45) is 3.40. The van der Waals surface area contributed by atoms with Crippen molar-refractivity contribution in [1.82, 2.24) is 34.7 Å². The van der Waals surface area contributed by atoms with E-state index >= 15 is 0 Å². The normalized spacial score (nSPS) is 10.4. The number of nitrogens with zero attached hydrogens (tertiary/aromatic N) is 6. The highest BCUT2D eigenvalue weighted by Crippen LogP contribution is 2.29. The number of rotatable bonds is 7. The lowest BCUT2D eigenvalue weighted by molar-refractivity contribution is -0.122. The third kappa shape index (κ3) is 6.83. The summed E-state index contributed by atoms with van der Waals surface area (Å²) in [5.41, 5.74) is 5.17. The molecule has 0 saturated heterocycles. The molecule has 3 aromatic heterocycles. The summed E-state index contributed by atoms with van der Waals surface area (Å²) in [6.45, 7) is 2.05. The highest BCUT2D eigenvalue weighted by Gasteiger charge is 2.14. The predicted molar refractivity (Wildman–Crippen MR) is 151 cm³/mol. The molecule has 3 N–H and O–H groups in total. The first-order valence-corrected chi connectivity index (χ1v) is 12.6. The van der Waals surface area contributed by atoms with Crippen molar-refractivity contribution in [2.75, 3.05) is 12.4 Å². The van der Waals surface area contributed by atoms with Crippen LogP contribution >= 0.6 is 11.6 Å². The topological polar surface area (TPSA) is 170 Å². The van der Waals surface area contributed by atoms with Crippen molar-refractivity contribution in [1.29, 1.82) is 0 Å². The standard InChI is InChI=1S/C26H23ClN8O3.CH2O2/c1-3-21-25(16-4-7-19(8-5-16)29-26(37)38-2)31-23(30-21)14-34-11-10-17(12-24(34)36)20-13-18(27)6-9-22(20)35-15-28-32-33-35;2-1-3/h4-13,15H,3,14H2,1-2H3,(H,29,37)(H,30,31);1H,(H,2,3). The molecule has 13 nitrogen and oxygen atoms in total. The summed E-state index contributed by atoms with van der Waals surface area (Å²) < 4.78 is 7.72. The van der Waals surface area contributed by atoms with Crippen molar-refractivity contribution in [2.24, 2.45) is 0 Å². The Hall–Kier alpha value is -5.30. The number of methoxy groups -OCH3 is 1. The first kappa shape index (κ1) is 28.7. The molecular weight excluding hydrogens is 552 g/mol. The minimum atomic E-state index is -0.535. The van der Waals surface area contributed by atoms with Gasteiger partial charge in [0.05, 0.1) is 25.0 Å². The number of nitrogens with one attached hydrogen (secondary N) is 2. The summed E-state index contributed by atoms with van der Waals surface area (Å²) in [7, 11) is 1.31. The fraction of sp³-hybridized carbons (Fsp3) is 0.148. The van der Waals surface area contributed by atoms with E-state index in [0.717, 1.165) is 28.9 Å². The van der Waals surface area contributed by atoms with Gasteiger partial charge in [-0.2, -0.15) is 4.68 Å². The molecule has 0 aliphatic carbocycles. The Balaban J connectivity index is 0.00000124. The lowest BCUT2D eigenvalue weighted by Crippen LogP contribution is -2.20. The smallest absolute Gasteiger partial charge is 0.411 e. The number of carbonyl (C=O) groups is 2. The Morgan fingerprint density at radius 3 is 2.54 bits per heavy atom. The second-order valence-electron chi connectivity index (χ2n) is 8.46. The van der Waals surface area contributed by atoms with Crippen LogP contribution in [0, 0.1) is 0 Å². The SMILES string of the molecule is CCc1[nH]c(Cn2ccc(-c3cc(Cl)ccc3-n3cnnn3)cc2=O)nc1-c1ccc(NC(=O)OC)cc1.O=CO. The number of hydrogen-bond donors (Lipinski definition) is 3. The first-order chi connectivity index (χ1) is 19.9. The fourth-order valence-corrected chi connectivity index (χ4v) is 4.26. The number of halogens is 1. The van der Waals surface area contributed by atoms with Crippen LogP contribution in [0.3, 0.4) is 0 Å². The molecule has 14 heteroatoms. The first-order valence-electron chi connectivity index (χ1n) is 12.2. The van der Waals surface area contributed by atoms with Crippen molar-refractivity contribution in [3.8, 4) is 28.1 Å². The number of aryl methyl sites for hydroxylation is 1. The number of aromatic amines is 1. The van der Waals surface area contributed by atoms with Crippen LogP contribution in [0.2, 0.25) is 5.02 Å². The van der Waals surface area contributed by atoms with Crippen LogP contribution in [-0.4, -0.2) is 59.5 Å². The van der Waals surface area contributed by atoms with Gasteiger partial charge in [0.25, 0.3) is 12.0 Å². The Kier molecular flexibility index (Phi) is 9.22. The average molecular weight is 577 g/mol. The number of carboxylic acid groups (broad SMARTS) is 1. The van der Waals surface area contributed by atoms with E-state index in [1.54, 1.807) is 47.2 Å². The molecule has 3 heterocycles. The van der Waals surface area contributed by atoms with E-state index in [1.165, 1.54) is 18.1 Å². The van der Waals surface area contributed by atoms with E-state index in [2.05, 4.69) is 30.6 Å². The quantitative estimate of drug-likeness (QED) is 0.242. The molecule has 0 spiro atoms. The Morgan fingerprint density at radius 1 is 1.15 bits per heavy atom. The second kappa shape index (κ2) is 13.2. The number of tetrazole rings is 1. The number of aromatic nitrogens is 7. The summed E-state index contributed by atoms with van der Waals surface area (Å²) in [5.74, 6) is 0.653. The summed E-state index contributed by atoms with van der Waals surface area (Å²) >= 11 is 6.24. The summed E-state index contributed by atoms with van der Waals surface area (Å²) in [5, 5.41) is 21.4. The Labute approximate surface area is 238 Å². The number of benzene rings is 2. The van der Waals surface area contributed by atoms with Crippen LogP contribution in [0.1, 0.15) is 18.4 Å². The van der Waals surface area contributed by atoms with E-state index in [-0.39, 0.29) is 18.6 Å². The Morgan fingerprint density at radius 2 is 1.90 bits per heavy atom. The van der Waals surface area contributed by atoms with Crippen molar-refractivity contribution in [2.45, 2.75) is 19.9 Å². The number of H-pyrrole nitrogens is 1. The van der Waals surface area contributed by atoms with E-state index in [0.29, 0.717) is 27.8 Å². The lowest BCUT2D eigenvalue weighted by atomic mass is 10.0. The maximum absolute atomic E-state index is 13.1. The number of pyridine rings is 1. The summed E-state index contributed by atoms with van der Waals surface area (Å²) in [4.78, 5) is 41.0. The number of amides is 1. The zero-order valence-corrected chi connectivity index (χ0v) is 22.7. The van der Waals surface area contributed by atoms with Gasteiger partial charge in [-0.15, -0.1) is 5.10 Å². The molecule has 0 aliphatic rings. The van der Waals surface area contributed by atoms with Gasteiger partial charge in [-0.05, 0) is 58.8 Å². The second-order valence-corrected chi connectivity index (χ2v) is 8.90. The number of hydrogen-bond acceptors (Lipinski definition) is 8. The van der Waals surface area contributed by atoms with Crippen LogP contribution in [-0.2, 0) is 22.5 Å². The molecule has 0 aliphatic heterocycles. The van der Waals surface area contributed by atoms with Crippen molar-refractivity contribution in [3.05, 3.63) is 94.0 Å². The number of ether oxygens (including phenoxy) is 1. The Bertz CT molecular complexity index is 1700. The van der Waals surface area contributed by atoms with Gasteiger partial charge in [-0.3, -0.25) is 14.9 Å². The maximum atomic E-state index is 13.1. The van der Waals surface area contributed by atoms with E-state index in [1.807, 2.05) is 25.1 Å². The van der Waals surface area contributed by atoms with E-state index in [9.17, 15) is 9.59 Å². The molecule has 5 aromatic rings. The van der Waals surface area contributed by atoms with Crippen molar-refractivity contribution in [3.63, 3.8) is 0 Å². The molecule has 1 amide bonds. The molecule has 0 unspecified atom stereocenters. The molecule has 0 bridgehead atoms. The van der Waals surface area contributed by atoms with Gasteiger partial charge in [0.2, 0.25) is 0 Å². The van der Waals surface area contributed by atoms with Gasteiger partial charge < -0.3 is 19.4 Å². The van der Waals surface area contributed by atoms with Gasteiger partial charge >= 0.3 is 6.09 Å². The molecule has 0 saturated carbocycles. The van der Waals surface area contributed by atoms with E-state index in [4.69, 9.17) is 26.5 Å². The molecular formula is C27H25ClN8O5. The zero-order valence-electron chi connectivity index (χ0n) is 22.0. The number of anilines is 1. The summed E-state index contributed by atoms with van der Waals surface area (Å²) in [6, 6.07) is 16.0. The van der Waals surface area contributed by atoms with Gasteiger partial charge in [0.15, 0.2) is 0 Å². The number of imidazole rings is 1. The van der Waals surface area contributed by atoms with Crippen LogP contribution < -0.4 is 10.9 Å². The lowest BCUT2D eigenvalue weighted by Gasteiger charge is -2.11. The zero-order chi connectivity index (χ0) is 29.4. The molecule has 0 fully saturated rings. The maximum Gasteiger partial charge on any atom is 0.411 e. The third-order valence-electron chi connectivity index (χ3n) is 5.95. The van der Waals surface area contributed by atoms with Crippen LogP contribution in [0.25, 0.3) is 28.1 Å². The van der Waals surface area contributed by atoms with Crippen molar-refractivity contribution < 1.29 is 19.4 Å². The molecule has 210 valence electrons. The highest BCUT2D eigenvalue weighted by atomic mass is 35.5. The molecule has 41 heavy (non-hydrogen) atoms. The monoisotopic (exact) mass is 576 g/mol. The largest absolute Gasteiger partial charge is 0.483 e. The highest BCUT2D eigenvalue weighted by molar-refractivity contribution is 6.31. The van der Waals surface area contributed by atoms with Crippen molar-refractivity contribution >= 4 is 29.9 Å². The van der Waals surface area contributed by atoms with Gasteiger partial charge in [-0.25, -0.2) is 9.78 Å². The molecule has 0 radical (unpaired) electrons. The predicted octanol–water partition coefficient (Wildman–Crippen LogP) is 4.02. The minimum absolute atomic E-state index is 0.195. The van der Waals surface area contributed by atoms with Crippen LogP contribution in [0.4, 0.5) is 10.5 Å². The van der Waals surface area contributed by atoms with Crippen LogP contribution in [0.5, 0.6) is 0 Å². The fourth-order valence-electron chi connectivity index (χ4n) is 4.09. The molecule has 0 atom stereocenters.